The first-order chi connectivity index (χ1) is 11.8. The second-order valence-corrected chi connectivity index (χ2v) is 5.38. The summed E-state index contributed by atoms with van der Waals surface area (Å²) >= 11 is 0. The van der Waals surface area contributed by atoms with Crippen LogP contribution in [-0.2, 0) is 6.54 Å². The summed E-state index contributed by atoms with van der Waals surface area (Å²) in [5.41, 5.74) is 1.56. The zero-order chi connectivity index (χ0) is 16.4. The molecule has 2 aromatic carbocycles. The number of aromatic nitrogens is 2. The maximum Gasteiger partial charge on any atom is 0.156 e. The van der Waals surface area contributed by atoms with Gasteiger partial charge in [-0.2, -0.15) is 0 Å². The maximum atomic E-state index is 13.2. The van der Waals surface area contributed by atoms with Gasteiger partial charge in [-0.3, -0.25) is 0 Å². The molecular weight excluding hydrogens is 305 g/mol. The molecule has 0 unspecified atom stereocenters. The van der Waals surface area contributed by atoms with Gasteiger partial charge in [0.2, 0.25) is 0 Å². The van der Waals surface area contributed by atoms with Gasteiger partial charge in [0.15, 0.2) is 5.82 Å². The van der Waals surface area contributed by atoms with Gasteiger partial charge in [0.1, 0.15) is 17.3 Å². The highest BCUT2D eigenvalue weighted by Crippen LogP contribution is 2.29. The summed E-state index contributed by atoms with van der Waals surface area (Å²) < 4.78 is 18.5. The number of furan rings is 1. The predicted molar refractivity (Wildman–Crippen MR) is 91.0 cm³/mol. The lowest BCUT2D eigenvalue weighted by molar-refractivity contribution is 0.518. The van der Waals surface area contributed by atoms with Crippen LogP contribution in [0.3, 0.4) is 0 Å². The molecule has 118 valence electrons. The van der Waals surface area contributed by atoms with Crippen LogP contribution < -0.4 is 5.32 Å². The lowest BCUT2D eigenvalue weighted by Gasteiger charge is -2.10. The van der Waals surface area contributed by atoms with Gasteiger partial charge in [-0.1, -0.05) is 24.3 Å². The standard InChI is InChI=1S/C19H14FN3O/c20-14-9-7-13(8-10-14)18-16-5-1-2-6-17(16)19(23-22-18)21-12-15-4-3-11-24-15/h1-11H,12H2,(H,21,23). The van der Waals surface area contributed by atoms with E-state index in [-0.39, 0.29) is 5.82 Å². The average molecular weight is 319 g/mol. The minimum atomic E-state index is -0.271. The van der Waals surface area contributed by atoms with E-state index in [2.05, 4.69) is 15.5 Å². The molecule has 0 aliphatic rings. The molecule has 0 saturated carbocycles. The van der Waals surface area contributed by atoms with Gasteiger partial charge in [-0.05, 0) is 36.4 Å². The molecule has 0 fully saturated rings. The molecular formula is C19H14FN3O. The van der Waals surface area contributed by atoms with Crippen molar-refractivity contribution in [2.24, 2.45) is 0 Å². The second-order valence-electron chi connectivity index (χ2n) is 5.38. The molecule has 0 radical (unpaired) electrons. The minimum absolute atomic E-state index is 0.271. The third-order valence-corrected chi connectivity index (χ3v) is 3.82. The number of benzene rings is 2. The van der Waals surface area contributed by atoms with E-state index in [0.717, 1.165) is 27.8 Å². The van der Waals surface area contributed by atoms with E-state index >= 15 is 0 Å². The summed E-state index contributed by atoms with van der Waals surface area (Å²) in [5.74, 6) is 1.24. The van der Waals surface area contributed by atoms with Gasteiger partial charge in [-0.15, -0.1) is 10.2 Å². The first-order valence-electron chi connectivity index (χ1n) is 7.59. The van der Waals surface area contributed by atoms with E-state index in [0.29, 0.717) is 12.4 Å². The van der Waals surface area contributed by atoms with Crippen LogP contribution in [0.4, 0.5) is 10.2 Å². The number of halogens is 1. The van der Waals surface area contributed by atoms with Crippen LogP contribution in [0.1, 0.15) is 5.76 Å². The third kappa shape index (κ3) is 2.72. The summed E-state index contributed by atoms with van der Waals surface area (Å²) in [4.78, 5) is 0. The Morgan fingerprint density at radius 3 is 2.42 bits per heavy atom. The molecule has 0 saturated heterocycles. The number of fused-ring (bicyclic) bond motifs is 1. The number of hydrogen-bond donors (Lipinski definition) is 1. The lowest BCUT2D eigenvalue weighted by Crippen LogP contribution is -2.03. The molecule has 0 amide bonds. The molecule has 4 rings (SSSR count). The van der Waals surface area contributed by atoms with Gasteiger partial charge in [-0.25, -0.2) is 4.39 Å². The van der Waals surface area contributed by atoms with Crippen LogP contribution in [0.15, 0.2) is 71.3 Å². The number of nitrogens with one attached hydrogen (secondary N) is 1. The van der Waals surface area contributed by atoms with Crippen LogP contribution in [0.25, 0.3) is 22.0 Å². The van der Waals surface area contributed by atoms with Crippen molar-refractivity contribution in [3.63, 3.8) is 0 Å². The lowest BCUT2D eigenvalue weighted by atomic mass is 10.0. The maximum absolute atomic E-state index is 13.2. The van der Waals surface area contributed by atoms with E-state index in [9.17, 15) is 4.39 Å². The van der Waals surface area contributed by atoms with Crippen LogP contribution in [-0.4, -0.2) is 10.2 Å². The Morgan fingerprint density at radius 1 is 0.875 bits per heavy atom. The Labute approximate surface area is 138 Å². The number of nitrogens with zero attached hydrogens (tertiary/aromatic N) is 2. The molecule has 5 heteroatoms. The summed E-state index contributed by atoms with van der Waals surface area (Å²) in [6, 6.07) is 17.9. The largest absolute Gasteiger partial charge is 0.467 e. The Morgan fingerprint density at radius 2 is 1.67 bits per heavy atom. The highest BCUT2D eigenvalue weighted by Gasteiger charge is 2.11. The van der Waals surface area contributed by atoms with Crippen molar-refractivity contribution in [2.75, 3.05) is 5.32 Å². The quantitative estimate of drug-likeness (QED) is 0.595. The summed E-state index contributed by atoms with van der Waals surface area (Å²) in [5, 5.41) is 13.8. The smallest absolute Gasteiger partial charge is 0.156 e. The normalized spacial score (nSPS) is 10.9. The molecule has 0 aliphatic carbocycles. The minimum Gasteiger partial charge on any atom is -0.467 e. The molecule has 2 heterocycles. The van der Waals surface area contributed by atoms with Crippen LogP contribution in [0.2, 0.25) is 0 Å². The van der Waals surface area contributed by atoms with Crippen molar-refractivity contribution in [1.29, 1.82) is 0 Å². The Hall–Kier alpha value is -3.21. The summed E-state index contributed by atoms with van der Waals surface area (Å²) in [6.45, 7) is 0.529. The molecule has 4 aromatic rings. The Kier molecular flexibility index (Phi) is 3.67. The Bertz CT molecular complexity index is 966. The topological polar surface area (TPSA) is 51.0 Å². The van der Waals surface area contributed by atoms with Crippen molar-refractivity contribution in [1.82, 2.24) is 10.2 Å². The van der Waals surface area contributed by atoms with E-state index in [1.807, 2.05) is 36.4 Å². The zero-order valence-corrected chi connectivity index (χ0v) is 12.7. The molecule has 24 heavy (non-hydrogen) atoms. The summed E-state index contributed by atoms with van der Waals surface area (Å²) in [7, 11) is 0. The molecule has 0 bridgehead atoms. The SMILES string of the molecule is Fc1ccc(-c2nnc(NCc3ccco3)c3ccccc23)cc1. The highest BCUT2D eigenvalue weighted by atomic mass is 19.1. The van der Waals surface area contributed by atoms with Crippen molar-refractivity contribution in [2.45, 2.75) is 6.54 Å². The predicted octanol–water partition coefficient (Wildman–Crippen LogP) is 4.64. The van der Waals surface area contributed by atoms with Crippen molar-refractivity contribution >= 4 is 16.6 Å². The van der Waals surface area contributed by atoms with Crippen LogP contribution in [0.5, 0.6) is 0 Å². The Balaban J connectivity index is 1.75. The molecule has 0 atom stereocenters. The van der Waals surface area contributed by atoms with Gasteiger partial charge in [0.25, 0.3) is 0 Å². The van der Waals surface area contributed by atoms with E-state index in [4.69, 9.17) is 4.42 Å². The first kappa shape index (κ1) is 14.4. The van der Waals surface area contributed by atoms with Gasteiger partial charge in [0.05, 0.1) is 12.8 Å². The number of hydrogen-bond acceptors (Lipinski definition) is 4. The first-order valence-corrected chi connectivity index (χ1v) is 7.59. The molecule has 0 aliphatic heterocycles. The van der Waals surface area contributed by atoms with Gasteiger partial charge in [0, 0.05) is 16.3 Å². The number of rotatable bonds is 4. The highest BCUT2D eigenvalue weighted by molar-refractivity contribution is 5.99. The van der Waals surface area contributed by atoms with E-state index < -0.39 is 0 Å². The van der Waals surface area contributed by atoms with E-state index in [1.165, 1.54) is 12.1 Å². The van der Waals surface area contributed by atoms with Crippen LogP contribution in [0, 0.1) is 5.82 Å². The van der Waals surface area contributed by atoms with Crippen molar-refractivity contribution < 1.29 is 8.81 Å². The fraction of sp³-hybridized carbons (Fsp3) is 0.0526. The third-order valence-electron chi connectivity index (χ3n) is 3.82. The average Bonchev–Trinajstić information content (AvgIpc) is 3.14. The van der Waals surface area contributed by atoms with Crippen LogP contribution >= 0.6 is 0 Å². The molecule has 2 aromatic heterocycles. The number of anilines is 1. The molecule has 0 spiro atoms. The van der Waals surface area contributed by atoms with Gasteiger partial charge >= 0.3 is 0 Å². The fourth-order valence-electron chi connectivity index (χ4n) is 2.64. The summed E-state index contributed by atoms with van der Waals surface area (Å²) in [6.07, 6.45) is 1.64. The zero-order valence-electron chi connectivity index (χ0n) is 12.7. The van der Waals surface area contributed by atoms with E-state index in [1.54, 1.807) is 18.4 Å². The molecule has 1 N–H and O–H groups in total. The molecule has 4 nitrogen and oxygen atoms in total. The van der Waals surface area contributed by atoms with Crippen molar-refractivity contribution in [3.05, 3.63) is 78.5 Å². The fourth-order valence-corrected chi connectivity index (χ4v) is 2.64. The van der Waals surface area contributed by atoms with Gasteiger partial charge < -0.3 is 9.73 Å². The second kappa shape index (κ2) is 6.12. The van der Waals surface area contributed by atoms with Crippen molar-refractivity contribution in [3.8, 4) is 11.3 Å². The monoisotopic (exact) mass is 319 g/mol.